The first-order valence-electron chi connectivity index (χ1n) is 5.17. The minimum Gasteiger partial charge on any atom is -0.373 e. The van der Waals surface area contributed by atoms with Crippen molar-refractivity contribution >= 4 is 0 Å². The third kappa shape index (κ3) is 2.46. The van der Waals surface area contributed by atoms with Crippen LogP contribution in [0.15, 0.2) is 42.0 Å². The monoisotopic (exact) mass is 188 g/mol. The summed E-state index contributed by atoms with van der Waals surface area (Å²) in [7, 11) is 0. The highest BCUT2D eigenvalue weighted by Crippen LogP contribution is 2.15. The summed E-state index contributed by atoms with van der Waals surface area (Å²) in [6.45, 7) is 3.06. The Morgan fingerprint density at radius 3 is 2.79 bits per heavy atom. The summed E-state index contributed by atoms with van der Waals surface area (Å²) in [6.07, 6.45) is 4.62. The second-order valence-electron chi connectivity index (χ2n) is 3.86. The quantitative estimate of drug-likeness (QED) is 0.648. The van der Waals surface area contributed by atoms with E-state index in [1.54, 1.807) is 0 Å². The van der Waals surface area contributed by atoms with Crippen LogP contribution in [0.5, 0.6) is 0 Å². The van der Waals surface area contributed by atoms with Gasteiger partial charge in [-0.15, -0.1) is 0 Å². The van der Waals surface area contributed by atoms with Gasteiger partial charge in [-0.05, 0) is 18.9 Å². The van der Waals surface area contributed by atoms with Crippen LogP contribution in [0.1, 0.15) is 18.9 Å². The Bertz CT molecular complexity index is 313. The van der Waals surface area contributed by atoms with E-state index >= 15 is 0 Å². The molecule has 1 aliphatic heterocycles. The molecule has 14 heavy (non-hydrogen) atoms. The molecule has 1 atom stereocenters. The van der Waals surface area contributed by atoms with E-state index in [0.29, 0.717) is 0 Å². The molecule has 0 bridgehead atoms. The van der Waals surface area contributed by atoms with Gasteiger partial charge in [0.2, 0.25) is 0 Å². The van der Waals surface area contributed by atoms with E-state index in [-0.39, 0.29) is 6.10 Å². The third-order valence-electron chi connectivity index (χ3n) is 2.58. The smallest absolute Gasteiger partial charge is 0.0798 e. The average Bonchev–Trinajstić information content (AvgIpc) is 2.19. The molecular formula is C13H16O. The predicted octanol–water partition coefficient (Wildman–Crippen LogP) is 2.96. The van der Waals surface area contributed by atoms with Gasteiger partial charge in [-0.3, -0.25) is 0 Å². The van der Waals surface area contributed by atoms with Gasteiger partial charge in [-0.25, -0.2) is 0 Å². The number of benzene rings is 1. The second-order valence-corrected chi connectivity index (χ2v) is 3.86. The van der Waals surface area contributed by atoms with Crippen LogP contribution in [0, 0.1) is 0 Å². The minimum absolute atomic E-state index is 0.283. The fourth-order valence-electron chi connectivity index (χ4n) is 1.78. The highest BCUT2D eigenvalue weighted by molar-refractivity contribution is 5.18. The van der Waals surface area contributed by atoms with E-state index in [1.165, 1.54) is 11.1 Å². The first-order valence-corrected chi connectivity index (χ1v) is 5.17. The lowest BCUT2D eigenvalue weighted by molar-refractivity contribution is 0.0772. The summed E-state index contributed by atoms with van der Waals surface area (Å²) < 4.78 is 5.68. The van der Waals surface area contributed by atoms with Gasteiger partial charge < -0.3 is 4.74 Å². The van der Waals surface area contributed by atoms with Crippen LogP contribution < -0.4 is 0 Å². The lowest BCUT2D eigenvalue weighted by Gasteiger charge is -2.20. The number of ether oxygens (including phenoxy) is 1. The highest BCUT2D eigenvalue weighted by atomic mass is 16.5. The number of rotatable bonds is 2. The van der Waals surface area contributed by atoms with E-state index < -0.39 is 0 Å². The first kappa shape index (κ1) is 9.47. The Hall–Kier alpha value is -1.08. The van der Waals surface area contributed by atoms with Crippen molar-refractivity contribution < 1.29 is 4.74 Å². The summed E-state index contributed by atoms with van der Waals surface area (Å²) in [5.74, 6) is 0. The second kappa shape index (κ2) is 4.43. The van der Waals surface area contributed by atoms with Crippen LogP contribution in [0.2, 0.25) is 0 Å². The molecule has 0 aromatic heterocycles. The molecule has 0 N–H and O–H groups in total. The molecule has 74 valence electrons. The van der Waals surface area contributed by atoms with Crippen molar-refractivity contribution in [2.45, 2.75) is 25.9 Å². The lowest BCUT2D eigenvalue weighted by Crippen LogP contribution is -2.18. The van der Waals surface area contributed by atoms with Gasteiger partial charge in [0.1, 0.15) is 0 Å². The van der Waals surface area contributed by atoms with E-state index in [4.69, 9.17) is 4.74 Å². The zero-order chi connectivity index (χ0) is 9.80. The zero-order valence-corrected chi connectivity index (χ0v) is 8.57. The molecule has 0 aliphatic carbocycles. The maximum Gasteiger partial charge on any atom is 0.0798 e. The summed E-state index contributed by atoms with van der Waals surface area (Å²) in [6, 6.07) is 10.5. The highest BCUT2D eigenvalue weighted by Gasteiger charge is 2.11. The van der Waals surface area contributed by atoms with Gasteiger partial charge in [0.15, 0.2) is 0 Å². The molecule has 1 heterocycles. The fourth-order valence-corrected chi connectivity index (χ4v) is 1.78. The van der Waals surface area contributed by atoms with E-state index in [9.17, 15) is 0 Å². The molecule has 0 radical (unpaired) electrons. The Morgan fingerprint density at radius 1 is 1.29 bits per heavy atom. The zero-order valence-electron chi connectivity index (χ0n) is 8.57. The Labute approximate surface area is 85.4 Å². The normalized spacial score (nSPS) is 21.8. The number of hydrogen-bond acceptors (Lipinski definition) is 1. The largest absolute Gasteiger partial charge is 0.373 e. The molecule has 0 spiro atoms. The van der Waals surface area contributed by atoms with Gasteiger partial charge in [-0.2, -0.15) is 0 Å². The Balaban J connectivity index is 2.01. The van der Waals surface area contributed by atoms with Gasteiger partial charge in [0.25, 0.3) is 0 Å². The summed E-state index contributed by atoms with van der Waals surface area (Å²) in [5.41, 5.74) is 2.81. The molecule has 1 heteroatoms. The van der Waals surface area contributed by atoms with Crippen molar-refractivity contribution in [3.63, 3.8) is 0 Å². The van der Waals surface area contributed by atoms with Gasteiger partial charge in [-0.1, -0.05) is 42.0 Å². The van der Waals surface area contributed by atoms with Gasteiger partial charge >= 0.3 is 0 Å². The molecule has 1 aromatic carbocycles. The van der Waals surface area contributed by atoms with Crippen molar-refractivity contribution in [2.75, 3.05) is 6.61 Å². The van der Waals surface area contributed by atoms with Crippen LogP contribution in [0.3, 0.4) is 0 Å². The SMILES string of the molecule is CC1=CC(Cc2ccccc2)OCC1. The van der Waals surface area contributed by atoms with Crippen LogP contribution in [0.4, 0.5) is 0 Å². The summed E-state index contributed by atoms with van der Waals surface area (Å²) in [5, 5.41) is 0. The van der Waals surface area contributed by atoms with Crippen LogP contribution in [-0.4, -0.2) is 12.7 Å². The molecule has 1 aliphatic rings. The molecule has 2 rings (SSSR count). The fraction of sp³-hybridized carbons (Fsp3) is 0.385. The average molecular weight is 188 g/mol. The molecule has 0 amide bonds. The van der Waals surface area contributed by atoms with Crippen molar-refractivity contribution in [3.8, 4) is 0 Å². The first-order chi connectivity index (χ1) is 6.84. The molecular weight excluding hydrogens is 172 g/mol. The summed E-state index contributed by atoms with van der Waals surface area (Å²) in [4.78, 5) is 0. The molecule has 0 fully saturated rings. The summed E-state index contributed by atoms with van der Waals surface area (Å²) >= 11 is 0. The van der Waals surface area contributed by atoms with Crippen LogP contribution in [-0.2, 0) is 11.2 Å². The minimum atomic E-state index is 0.283. The number of hydrogen-bond donors (Lipinski definition) is 0. The Morgan fingerprint density at radius 2 is 2.07 bits per heavy atom. The molecule has 0 saturated carbocycles. The molecule has 0 saturated heterocycles. The van der Waals surface area contributed by atoms with E-state index in [0.717, 1.165) is 19.4 Å². The molecule has 1 nitrogen and oxygen atoms in total. The van der Waals surface area contributed by atoms with Gasteiger partial charge in [0, 0.05) is 6.42 Å². The van der Waals surface area contributed by atoms with Gasteiger partial charge in [0.05, 0.1) is 12.7 Å². The Kier molecular flexibility index (Phi) is 3.00. The molecule has 1 aromatic rings. The maximum absolute atomic E-state index is 5.68. The topological polar surface area (TPSA) is 9.23 Å². The van der Waals surface area contributed by atoms with Crippen molar-refractivity contribution in [1.82, 2.24) is 0 Å². The van der Waals surface area contributed by atoms with Crippen LogP contribution >= 0.6 is 0 Å². The standard InChI is InChI=1S/C13H16O/c1-11-7-8-14-13(9-11)10-12-5-3-2-4-6-12/h2-6,9,13H,7-8,10H2,1H3. The van der Waals surface area contributed by atoms with Crippen molar-refractivity contribution in [2.24, 2.45) is 0 Å². The lowest BCUT2D eigenvalue weighted by atomic mass is 10.0. The third-order valence-corrected chi connectivity index (χ3v) is 2.58. The van der Waals surface area contributed by atoms with E-state index in [1.807, 2.05) is 6.07 Å². The van der Waals surface area contributed by atoms with E-state index in [2.05, 4.69) is 37.3 Å². The van der Waals surface area contributed by atoms with Crippen molar-refractivity contribution in [1.29, 1.82) is 0 Å². The predicted molar refractivity (Wildman–Crippen MR) is 58.3 cm³/mol. The maximum atomic E-state index is 5.68. The van der Waals surface area contributed by atoms with Crippen LogP contribution in [0.25, 0.3) is 0 Å². The molecule has 1 unspecified atom stereocenters. The van der Waals surface area contributed by atoms with Crippen molar-refractivity contribution in [3.05, 3.63) is 47.5 Å².